The molecule has 1 aromatic rings. The Morgan fingerprint density at radius 3 is 2.59 bits per heavy atom. The minimum absolute atomic E-state index is 0.0254. The summed E-state index contributed by atoms with van der Waals surface area (Å²) in [5.74, 6) is -0.623. The maximum absolute atomic E-state index is 13.1. The van der Waals surface area contributed by atoms with Gasteiger partial charge in [-0.25, -0.2) is 12.8 Å². The van der Waals surface area contributed by atoms with E-state index in [4.69, 9.17) is 10.6 Å². The molecule has 0 saturated heterocycles. The van der Waals surface area contributed by atoms with E-state index in [0.717, 1.165) is 16.6 Å². The second kappa shape index (κ2) is 5.30. The molecule has 0 heterocycles. The number of benzene rings is 1. The molecule has 0 spiro atoms. The van der Waals surface area contributed by atoms with E-state index in [-0.39, 0.29) is 21.6 Å². The van der Waals surface area contributed by atoms with E-state index in [1.54, 1.807) is 6.92 Å². The number of sulfonamides is 1. The van der Waals surface area contributed by atoms with Crippen LogP contribution in [0.1, 0.15) is 6.92 Å². The van der Waals surface area contributed by atoms with Gasteiger partial charge < -0.3 is 5.73 Å². The summed E-state index contributed by atoms with van der Waals surface area (Å²) < 4.78 is 38.1. The molecule has 1 aromatic carbocycles. The van der Waals surface area contributed by atoms with Crippen LogP contribution in [0.4, 0.5) is 10.1 Å². The van der Waals surface area contributed by atoms with E-state index in [0.29, 0.717) is 0 Å². The topological polar surface area (TPSA) is 72.6 Å². The van der Waals surface area contributed by atoms with Crippen molar-refractivity contribution >= 4 is 31.6 Å². The van der Waals surface area contributed by atoms with Gasteiger partial charge in [0.15, 0.2) is 0 Å². The number of nitrogens with zero attached hydrogens (tertiary/aromatic N) is 1. The summed E-state index contributed by atoms with van der Waals surface area (Å²) in [5.41, 5.74) is 5.34. The standard InChI is InChI=1S/C9H12BrFN2O3S/c1-3-13(16-2)17(14,15)9-4-6(10)7(11)5-8(9)12/h4-5H,3,12H2,1-2H3. The third kappa shape index (κ3) is 2.76. The van der Waals surface area contributed by atoms with Gasteiger partial charge in [-0.05, 0) is 35.0 Å². The van der Waals surface area contributed by atoms with Crippen LogP contribution in [0.15, 0.2) is 21.5 Å². The fourth-order valence-electron chi connectivity index (χ4n) is 1.27. The van der Waals surface area contributed by atoms with Crippen LogP contribution in [-0.2, 0) is 14.9 Å². The van der Waals surface area contributed by atoms with Gasteiger partial charge in [0.05, 0.1) is 17.3 Å². The largest absolute Gasteiger partial charge is 0.398 e. The molecule has 0 saturated carbocycles. The zero-order chi connectivity index (χ0) is 13.2. The molecule has 0 amide bonds. The van der Waals surface area contributed by atoms with Gasteiger partial charge in [-0.2, -0.15) is 0 Å². The predicted octanol–water partition coefficient (Wildman–Crippen LogP) is 1.74. The maximum Gasteiger partial charge on any atom is 0.267 e. The molecule has 0 aromatic heterocycles. The SMILES string of the molecule is CCN(OC)S(=O)(=O)c1cc(Br)c(F)cc1N. The number of halogens is 2. The number of rotatable bonds is 4. The smallest absolute Gasteiger partial charge is 0.267 e. The van der Waals surface area contributed by atoms with Crippen molar-refractivity contribution in [2.75, 3.05) is 19.4 Å². The van der Waals surface area contributed by atoms with Gasteiger partial charge in [0.25, 0.3) is 10.0 Å². The van der Waals surface area contributed by atoms with Crippen LogP contribution in [0, 0.1) is 5.82 Å². The lowest BCUT2D eigenvalue weighted by molar-refractivity contribution is -0.0442. The summed E-state index contributed by atoms with van der Waals surface area (Å²) in [4.78, 5) is 4.52. The van der Waals surface area contributed by atoms with Crippen molar-refractivity contribution < 1.29 is 17.6 Å². The van der Waals surface area contributed by atoms with Crippen LogP contribution in [0.5, 0.6) is 0 Å². The second-order valence-electron chi connectivity index (χ2n) is 3.11. The number of hydrogen-bond donors (Lipinski definition) is 1. The quantitative estimate of drug-likeness (QED) is 0.675. The maximum atomic E-state index is 13.1. The van der Waals surface area contributed by atoms with E-state index >= 15 is 0 Å². The van der Waals surface area contributed by atoms with Gasteiger partial charge in [-0.3, -0.25) is 4.84 Å². The number of hydroxylamine groups is 1. The first kappa shape index (κ1) is 14.4. The third-order valence-electron chi connectivity index (χ3n) is 2.06. The lowest BCUT2D eigenvalue weighted by atomic mass is 10.3. The zero-order valence-electron chi connectivity index (χ0n) is 9.28. The van der Waals surface area contributed by atoms with Crippen molar-refractivity contribution in [3.05, 3.63) is 22.4 Å². The molecule has 17 heavy (non-hydrogen) atoms. The summed E-state index contributed by atoms with van der Waals surface area (Å²) in [6.07, 6.45) is 0. The van der Waals surface area contributed by atoms with Gasteiger partial charge in [0.1, 0.15) is 10.7 Å². The second-order valence-corrected chi connectivity index (χ2v) is 5.76. The number of nitrogens with two attached hydrogens (primary N) is 1. The first-order valence-electron chi connectivity index (χ1n) is 4.66. The minimum Gasteiger partial charge on any atom is -0.398 e. The Morgan fingerprint density at radius 1 is 1.53 bits per heavy atom. The number of anilines is 1. The first-order valence-corrected chi connectivity index (χ1v) is 6.89. The highest BCUT2D eigenvalue weighted by Crippen LogP contribution is 2.28. The van der Waals surface area contributed by atoms with Gasteiger partial charge in [0.2, 0.25) is 0 Å². The van der Waals surface area contributed by atoms with Crippen LogP contribution in [0.25, 0.3) is 0 Å². The van der Waals surface area contributed by atoms with Gasteiger partial charge in [-0.1, -0.05) is 4.47 Å². The Kier molecular flexibility index (Phi) is 4.48. The monoisotopic (exact) mass is 326 g/mol. The summed E-state index contributed by atoms with van der Waals surface area (Å²) in [7, 11) is -2.65. The first-order chi connectivity index (χ1) is 7.84. The molecule has 0 aliphatic carbocycles. The van der Waals surface area contributed by atoms with Crippen LogP contribution >= 0.6 is 15.9 Å². The summed E-state index contributed by atoms with van der Waals surface area (Å²) in [5, 5.41) is 0. The molecule has 2 N–H and O–H groups in total. The average molecular weight is 327 g/mol. The molecule has 0 atom stereocenters. The highest BCUT2D eigenvalue weighted by atomic mass is 79.9. The molecule has 96 valence electrons. The summed E-state index contributed by atoms with van der Waals surface area (Å²) in [6.45, 7) is 1.73. The highest BCUT2D eigenvalue weighted by molar-refractivity contribution is 9.10. The summed E-state index contributed by atoms with van der Waals surface area (Å²) in [6, 6.07) is 2.06. The molecule has 8 heteroatoms. The highest BCUT2D eigenvalue weighted by Gasteiger charge is 2.26. The van der Waals surface area contributed by atoms with Crippen LogP contribution in [0.2, 0.25) is 0 Å². The van der Waals surface area contributed by atoms with Crippen molar-refractivity contribution in [1.29, 1.82) is 0 Å². The van der Waals surface area contributed by atoms with Crippen LogP contribution in [0.3, 0.4) is 0 Å². The molecular weight excluding hydrogens is 315 g/mol. The van der Waals surface area contributed by atoms with Crippen LogP contribution < -0.4 is 5.73 Å². The van der Waals surface area contributed by atoms with Crippen molar-refractivity contribution in [3.8, 4) is 0 Å². The van der Waals surface area contributed by atoms with Crippen molar-refractivity contribution in [3.63, 3.8) is 0 Å². The Bertz CT molecular complexity index is 517. The number of nitrogen functional groups attached to an aromatic ring is 1. The van der Waals surface area contributed by atoms with E-state index < -0.39 is 15.8 Å². The van der Waals surface area contributed by atoms with E-state index in [2.05, 4.69) is 15.9 Å². The average Bonchev–Trinajstić information content (AvgIpc) is 2.24. The molecule has 0 radical (unpaired) electrons. The Morgan fingerprint density at radius 2 is 2.12 bits per heavy atom. The lowest BCUT2D eigenvalue weighted by Gasteiger charge is -2.18. The molecular formula is C9H12BrFN2O3S. The molecule has 0 aliphatic rings. The van der Waals surface area contributed by atoms with Crippen LogP contribution in [-0.4, -0.2) is 26.5 Å². The van der Waals surface area contributed by atoms with Gasteiger partial charge in [0, 0.05) is 6.54 Å². The molecule has 0 aliphatic heterocycles. The molecule has 0 fully saturated rings. The summed E-state index contributed by atoms with van der Waals surface area (Å²) >= 11 is 2.91. The lowest BCUT2D eigenvalue weighted by Crippen LogP contribution is -2.30. The Balaban J connectivity index is 3.38. The minimum atomic E-state index is -3.88. The van der Waals surface area contributed by atoms with Crippen molar-refractivity contribution in [1.82, 2.24) is 4.47 Å². The number of hydrogen-bond acceptors (Lipinski definition) is 4. The molecule has 0 bridgehead atoms. The third-order valence-corrected chi connectivity index (χ3v) is 4.52. The van der Waals surface area contributed by atoms with Gasteiger partial charge in [-0.15, -0.1) is 0 Å². The molecule has 1 rings (SSSR count). The zero-order valence-corrected chi connectivity index (χ0v) is 11.7. The Hall–Kier alpha value is -0.700. The predicted molar refractivity (Wildman–Crippen MR) is 65.1 cm³/mol. The molecule has 5 nitrogen and oxygen atoms in total. The van der Waals surface area contributed by atoms with Crippen molar-refractivity contribution in [2.24, 2.45) is 0 Å². The fraction of sp³-hybridized carbons (Fsp3) is 0.333. The van der Waals surface area contributed by atoms with E-state index in [1.165, 1.54) is 7.11 Å². The van der Waals surface area contributed by atoms with E-state index in [9.17, 15) is 12.8 Å². The molecule has 0 unspecified atom stereocenters. The van der Waals surface area contributed by atoms with Gasteiger partial charge >= 0.3 is 0 Å². The Labute approximate surface area is 107 Å². The fourth-order valence-corrected chi connectivity index (χ4v) is 3.15. The van der Waals surface area contributed by atoms with Crippen molar-refractivity contribution in [2.45, 2.75) is 11.8 Å². The normalized spacial score (nSPS) is 12.1. The van der Waals surface area contributed by atoms with E-state index in [1.807, 2.05) is 0 Å².